The number of alkyl carbamates (subject to hydrolysis) is 1. The zero-order valence-electron chi connectivity index (χ0n) is 16.2. The van der Waals surface area contributed by atoms with E-state index >= 15 is 0 Å². The number of carbonyl (C=O) groups is 1. The Kier molecular flexibility index (Phi) is 7.74. The van der Waals surface area contributed by atoms with Gasteiger partial charge in [-0.25, -0.2) is 4.79 Å². The molecular formula is C20H34N2O2. The van der Waals surface area contributed by atoms with Crippen LogP contribution in [-0.4, -0.2) is 23.8 Å². The monoisotopic (exact) mass is 334 g/mol. The SMILES string of the molecule is CCc1ccccc1CNC(CC)(CC)CNC(=O)OC(C)(C)C. The summed E-state index contributed by atoms with van der Waals surface area (Å²) in [7, 11) is 0. The third kappa shape index (κ3) is 6.52. The van der Waals surface area contributed by atoms with Crippen molar-refractivity contribution in [2.24, 2.45) is 0 Å². The highest BCUT2D eigenvalue weighted by Gasteiger charge is 2.27. The van der Waals surface area contributed by atoms with Crippen LogP contribution in [0.2, 0.25) is 0 Å². The molecule has 0 bridgehead atoms. The lowest BCUT2D eigenvalue weighted by Crippen LogP contribution is -2.53. The first-order valence-electron chi connectivity index (χ1n) is 9.04. The number of rotatable bonds is 8. The fourth-order valence-electron chi connectivity index (χ4n) is 2.73. The van der Waals surface area contributed by atoms with Crippen molar-refractivity contribution in [3.05, 3.63) is 35.4 Å². The largest absolute Gasteiger partial charge is 0.444 e. The first kappa shape index (κ1) is 20.5. The van der Waals surface area contributed by atoms with Gasteiger partial charge in [-0.1, -0.05) is 45.0 Å². The highest BCUT2D eigenvalue weighted by Crippen LogP contribution is 2.17. The van der Waals surface area contributed by atoms with Crippen molar-refractivity contribution in [1.29, 1.82) is 0 Å². The molecule has 4 heteroatoms. The molecule has 1 rings (SSSR count). The standard InChI is InChI=1S/C20H34N2O2/c1-7-16-12-10-11-13-17(16)14-22-20(8-2,9-3)15-21-18(23)24-19(4,5)6/h10-13,22H,7-9,14-15H2,1-6H3,(H,21,23). The maximum Gasteiger partial charge on any atom is 0.407 e. The Labute approximate surface area is 147 Å². The van der Waals surface area contributed by atoms with Crippen LogP contribution in [0.5, 0.6) is 0 Å². The number of nitrogens with one attached hydrogen (secondary N) is 2. The highest BCUT2D eigenvalue weighted by atomic mass is 16.6. The molecule has 1 amide bonds. The number of amides is 1. The maximum atomic E-state index is 12.0. The van der Waals surface area contributed by atoms with Crippen molar-refractivity contribution >= 4 is 6.09 Å². The van der Waals surface area contributed by atoms with Gasteiger partial charge in [-0.3, -0.25) is 0 Å². The first-order chi connectivity index (χ1) is 11.2. The van der Waals surface area contributed by atoms with Crippen LogP contribution in [-0.2, 0) is 17.7 Å². The Bertz CT molecular complexity index is 517. The minimum atomic E-state index is -0.474. The smallest absolute Gasteiger partial charge is 0.407 e. The molecule has 0 atom stereocenters. The highest BCUT2D eigenvalue weighted by molar-refractivity contribution is 5.67. The topological polar surface area (TPSA) is 50.4 Å². The summed E-state index contributed by atoms with van der Waals surface area (Å²) in [5.41, 5.74) is 2.09. The van der Waals surface area contributed by atoms with Crippen LogP contribution < -0.4 is 10.6 Å². The molecule has 0 fully saturated rings. The predicted octanol–water partition coefficient (Wildman–Crippen LogP) is 4.42. The minimum Gasteiger partial charge on any atom is -0.444 e. The van der Waals surface area contributed by atoms with Gasteiger partial charge in [0, 0.05) is 18.6 Å². The lowest BCUT2D eigenvalue weighted by atomic mass is 9.92. The second-order valence-corrected chi connectivity index (χ2v) is 7.32. The van der Waals surface area contributed by atoms with E-state index in [1.54, 1.807) is 0 Å². The van der Waals surface area contributed by atoms with E-state index in [1.807, 2.05) is 20.8 Å². The Hall–Kier alpha value is -1.55. The first-order valence-corrected chi connectivity index (χ1v) is 9.04. The Morgan fingerprint density at radius 1 is 1.04 bits per heavy atom. The molecule has 1 aromatic carbocycles. The van der Waals surface area contributed by atoms with Crippen LogP contribution in [0.15, 0.2) is 24.3 Å². The maximum absolute atomic E-state index is 12.0. The van der Waals surface area contributed by atoms with Gasteiger partial charge in [-0.15, -0.1) is 0 Å². The molecule has 0 spiro atoms. The summed E-state index contributed by atoms with van der Waals surface area (Å²) in [4.78, 5) is 12.0. The molecule has 0 aliphatic heterocycles. The summed E-state index contributed by atoms with van der Waals surface area (Å²) in [6, 6.07) is 8.51. The van der Waals surface area contributed by atoms with Crippen molar-refractivity contribution in [1.82, 2.24) is 10.6 Å². The molecule has 24 heavy (non-hydrogen) atoms. The lowest BCUT2D eigenvalue weighted by Gasteiger charge is -2.34. The molecule has 4 nitrogen and oxygen atoms in total. The molecule has 1 aromatic rings. The van der Waals surface area contributed by atoms with Crippen molar-refractivity contribution in [2.45, 2.75) is 78.5 Å². The Balaban J connectivity index is 2.69. The van der Waals surface area contributed by atoms with Gasteiger partial charge >= 0.3 is 6.09 Å². The van der Waals surface area contributed by atoms with Crippen molar-refractivity contribution in [3.63, 3.8) is 0 Å². The van der Waals surface area contributed by atoms with E-state index in [1.165, 1.54) is 11.1 Å². The average Bonchev–Trinajstić information content (AvgIpc) is 2.54. The van der Waals surface area contributed by atoms with Crippen LogP contribution in [0.1, 0.15) is 65.5 Å². The molecule has 0 aliphatic rings. The predicted molar refractivity (Wildman–Crippen MR) is 100 cm³/mol. The number of carbonyl (C=O) groups excluding carboxylic acids is 1. The van der Waals surface area contributed by atoms with Gasteiger partial charge in [-0.2, -0.15) is 0 Å². The summed E-state index contributed by atoms with van der Waals surface area (Å²) in [6.07, 6.45) is 2.55. The summed E-state index contributed by atoms with van der Waals surface area (Å²) in [5, 5.41) is 6.59. The van der Waals surface area contributed by atoms with Crippen LogP contribution in [0.4, 0.5) is 4.79 Å². The molecule has 2 N–H and O–H groups in total. The zero-order chi connectivity index (χ0) is 18.2. The van der Waals surface area contributed by atoms with Crippen molar-refractivity contribution < 1.29 is 9.53 Å². The van der Waals surface area contributed by atoms with Gasteiger partial charge in [-0.05, 0) is 51.2 Å². The molecule has 0 unspecified atom stereocenters. The van der Waals surface area contributed by atoms with Gasteiger partial charge in [0.25, 0.3) is 0 Å². The van der Waals surface area contributed by atoms with Crippen molar-refractivity contribution in [3.8, 4) is 0 Å². The van der Waals surface area contributed by atoms with E-state index in [2.05, 4.69) is 55.7 Å². The van der Waals surface area contributed by atoms with Gasteiger partial charge in [0.1, 0.15) is 5.60 Å². The number of hydrogen-bond acceptors (Lipinski definition) is 3. The second kappa shape index (κ2) is 9.07. The van der Waals surface area contributed by atoms with Gasteiger partial charge < -0.3 is 15.4 Å². The van der Waals surface area contributed by atoms with Gasteiger partial charge in [0.2, 0.25) is 0 Å². The summed E-state index contributed by atoms with van der Waals surface area (Å²) in [5.74, 6) is 0. The van der Waals surface area contributed by atoms with Gasteiger partial charge in [0.05, 0.1) is 0 Å². The van der Waals surface area contributed by atoms with E-state index in [9.17, 15) is 4.79 Å². The molecule has 0 radical (unpaired) electrons. The van der Waals surface area contributed by atoms with E-state index < -0.39 is 5.60 Å². The molecule has 0 aliphatic carbocycles. The number of ether oxygens (including phenoxy) is 1. The fraction of sp³-hybridized carbons (Fsp3) is 0.650. The van der Waals surface area contributed by atoms with E-state index in [0.717, 1.165) is 25.8 Å². The Morgan fingerprint density at radius 3 is 2.12 bits per heavy atom. The average molecular weight is 335 g/mol. The quantitative estimate of drug-likeness (QED) is 0.740. The molecule has 0 saturated carbocycles. The van der Waals surface area contributed by atoms with Crippen LogP contribution in [0.3, 0.4) is 0 Å². The summed E-state index contributed by atoms with van der Waals surface area (Å²) < 4.78 is 5.34. The van der Waals surface area contributed by atoms with Crippen LogP contribution >= 0.6 is 0 Å². The van der Waals surface area contributed by atoms with E-state index in [-0.39, 0.29) is 11.6 Å². The number of aryl methyl sites for hydroxylation is 1. The Morgan fingerprint density at radius 2 is 1.62 bits per heavy atom. The normalized spacial score (nSPS) is 12.1. The molecular weight excluding hydrogens is 300 g/mol. The lowest BCUT2D eigenvalue weighted by molar-refractivity contribution is 0.0507. The number of hydrogen-bond donors (Lipinski definition) is 2. The molecule has 0 heterocycles. The fourth-order valence-corrected chi connectivity index (χ4v) is 2.73. The van der Waals surface area contributed by atoms with Gasteiger partial charge in [0.15, 0.2) is 0 Å². The van der Waals surface area contributed by atoms with Crippen molar-refractivity contribution in [2.75, 3.05) is 6.54 Å². The van der Waals surface area contributed by atoms with Crippen LogP contribution in [0, 0.1) is 0 Å². The van der Waals surface area contributed by atoms with Crippen LogP contribution in [0.25, 0.3) is 0 Å². The van der Waals surface area contributed by atoms with E-state index in [0.29, 0.717) is 6.54 Å². The second-order valence-electron chi connectivity index (χ2n) is 7.32. The molecule has 136 valence electrons. The molecule has 0 aromatic heterocycles. The number of benzene rings is 1. The third-order valence-corrected chi connectivity index (χ3v) is 4.48. The third-order valence-electron chi connectivity index (χ3n) is 4.48. The molecule has 0 saturated heterocycles. The summed E-state index contributed by atoms with van der Waals surface area (Å²) >= 11 is 0. The van der Waals surface area contributed by atoms with E-state index in [4.69, 9.17) is 4.74 Å². The zero-order valence-corrected chi connectivity index (χ0v) is 16.2. The minimum absolute atomic E-state index is 0.127. The summed E-state index contributed by atoms with van der Waals surface area (Å²) in [6.45, 7) is 13.5.